The Morgan fingerprint density at radius 1 is 0.783 bits per heavy atom. The van der Waals surface area contributed by atoms with E-state index < -0.39 is 6.09 Å². The van der Waals surface area contributed by atoms with Gasteiger partial charge < -0.3 is 9.90 Å². The topological polar surface area (TPSA) is 43.4 Å². The van der Waals surface area contributed by atoms with E-state index in [4.69, 9.17) is 0 Å². The number of anilines is 2. The normalized spacial score (nSPS) is 10.5. The summed E-state index contributed by atoms with van der Waals surface area (Å²) in [5, 5.41) is 11.6. The molecule has 0 bridgehead atoms. The monoisotopic (exact) mass is 303 g/mol. The average Bonchev–Trinajstić information content (AvgIpc) is 2.48. The second-order valence-electron chi connectivity index (χ2n) is 6.09. The molecule has 0 fully saturated rings. The molecule has 0 radical (unpaired) electrons. The van der Waals surface area contributed by atoms with Crippen molar-refractivity contribution in [3.8, 4) is 0 Å². The SMILES string of the molecule is CC(C)c1ccc(N(C(=O)[O-])c2ccc(C(C)C)cc2)cc1.[Li+]. The van der Waals surface area contributed by atoms with E-state index in [9.17, 15) is 9.90 Å². The van der Waals surface area contributed by atoms with E-state index in [0.29, 0.717) is 23.2 Å². The molecule has 0 aliphatic rings. The Hall–Kier alpha value is -1.69. The second-order valence-corrected chi connectivity index (χ2v) is 6.09. The van der Waals surface area contributed by atoms with Gasteiger partial charge in [0.15, 0.2) is 0 Å². The third-order valence-electron chi connectivity index (χ3n) is 3.82. The Labute approximate surface area is 150 Å². The van der Waals surface area contributed by atoms with E-state index in [1.807, 2.05) is 48.5 Å². The molecule has 2 aromatic rings. The van der Waals surface area contributed by atoms with Crippen molar-refractivity contribution in [2.75, 3.05) is 4.90 Å². The zero-order chi connectivity index (χ0) is 16.3. The van der Waals surface area contributed by atoms with E-state index in [2.05, 4.69) is 27.7 Å². The van der Waals surface area contributed by atoms with E-state index >= 15 is 0 Å². The van der Waals surface area contributed by atoms with Gasteiger partial charge in [-0.1, -0.05) is 52.0 Å². The van der Waals surface area contributed by atoms with Gasteiger partial charge in [-0.05, 0) is 47.2 Å². The van der Waals surface area contributed by atoms with Gasteiger partial charge in [0, 0.05) is 11.4 Å². The molecular formula is C19H22LiNO2. The Kier molecular flexibility index (Phi) is 6.94. The number of carbonyl (C=O) groups excluding carboxylic acids is 1. The molecule has 0 aliphatic carbocycles. The van der Waals surface area contributed by atoms with E-state index in [1.165, 1.54) is 16.0 Å². The quantitative estimate of drug-likeness (QED) is 0.802. The molecule has 0 unspecified atom stereocenters. The molecule has 0 atom stereocenters. The van der Waals surface area contributed by atoms with E-state index in [1.54, 1.807) is 0 Å². The van der Waals surface area contributed by atoms with Crippen LogP contribution in [0.4, 0.5) is 16.2 Å². The van der Waals surface area contributed by atoms with Crippen molar-refractivity contribution in [3.05, 3.63) is 59.7 Å². The summed E-state index contributed by atoms with van der Waals surface area (Å²) in [5.74, 6) is 0.826. The molecule has 0 saturated heterocycles. The van der Waals surface area contributed by atoms with Crippen LogP contribution >= 0.6 is 0 Å². The number of hydrogen-bond acceptors (Lipinski definition) is 2. The molecule has 2 rings (SSSR count). The zero-order valence-electron chi connectivity index (χ0n) is 14.5. The standard InChI is InChI=1S/C19H23NO2.Li/c1-13(2)15-5-9-17(10-6-15)20(19(21)22)18-11-7-16(8-12-18)14(3)4;/h5-14H,1-4H3,(H,21,22);/q;+1/p-1. The molecule has 2 aromatic carbocycles. The summed E-state index contributed by atoms with van der Waals surface area (Å²) < 4.78 is 0. The molecule has 0 aliphatic heterocycles. The van der Waals surface area contributed by atoms with Crippen LogP contribution in [0.15, 0.2) is 48.5 Å². The van der Waals surface area contributed by atoms with E-state index in [0.717, 1.165) is 0 Å². The number of nitrogens with zero attached hydrogens (tertiary/aromatic N) is 1. The number of amides is 1. The van der Waals surface area contributed by atoms with Crippen LogP contribution in [0.3, 0.4) is 0 Å². The van der Waals surface area contributed by atoms with Crippen molar-refractivity contribution in [1.82, 2.24) is 0 Å². The minimum absolute atomic E-state index is 0. The van der Waals surface area contributed by atoms with Crippen LogP contribution in [0.2, 0.25) is 0 Å². The molecule has 0 aromatic heterocycles. The molecular weight excluding hydrogens is 281 g/mol. The van der Waals surface area contributed by atoms with Crippen LogP contribution in [0.25, 0.3) is 0 Å². The van der Waals surface area contributed by atoms with Gasteiger partial charge in [-0.2, -0.15) is 0 Å². The summed E-state index contributed by atoms with van der Waals surface area (Å²) >= 11 is 0. The Balaban J connectivity index is 0.00000264. The van der Waals surface area contributed by atoms with Gasteiger partial charge in [-0.15, -0.1) is 0 Å². The summed E-state index contributed by atoms with van der Waals surface area (Å²) in [5.41, 5.74) is 3.55. The van der Waals surface area contributed by atoms with E-state index in [-0.39, 0.29) is 18.9 Å². The van der Waals surface area contributed by atoms with Gasteiger partial charge in [-0.3, -0.25) is 4.90 Å². The van der Waals surface area contributed by atoms with Crippen molar-refractivity contribution in [2.24, 2.45) is 0 Å². The Morgan fingerprint density at radius 2 is 1.09 bits per heavy atom. The number of rotatable bonds is 4. The summed E-state index contributed by atoms with van der Waals surface area (Å²) in [6.07, 6.45) is -1.23. The van der Waals surface area contributed by atoms with Gasteiger partial charge in [0.25, 0.3) is 0 Å². The van der Waals surface area contributed by atoms with Crippen molar-refractivity contribution < 1.29 is 28.8 Å². The van der Waals surface area contributed by atoms with Crippen LogP contribution in [-0.4, -0.2) is 6.09 Å². The minimum Gasteiger partial charge on any atom is -0.529 e. The maximum atomic E-state index is 11.6. The molecule has 0 saturated carbocycles. The molecule has 4 heteroatoms. The van der Waals surface area contributed by atoms with Crippen molar-refractivity contribution >= 4 is 17.5 Å². The summed E-state index contributed by atoms with van der Waals surface area (Å²) in [6, 6.07) is 15.1. The van der Waals surface area contributed by atoms with Crippen LogP contribution in [-0.2, 0) is 0 Å². The second kappa shape index (κ2) is 8.24. The van der Waals surface area contributed by atoms with Gasteiger partial charge in [0.2, 0.25) is 0 Å². The van der Waals surface area contributed by atoms with Crippen LogP contribution in [0.5, 0.6) is 0 Å². The van der Waals surface area contributed by atoms with Gasteiger partial charge in [0.05, 0.1) is 0 Å². The van der Waals surface area contributed by atoms with Crippen molar-refractivity contribution in [2.45, 2.75) is 39.5 Å². The first-order valence-corrected chi connectivity index (χ1v) is 7.61. The summed E-state index contributed by atoms with van der Waals surface area (Å²) in [4.78, 5) is 12.8. The number of carboxylic acid groups (broad SMARTS) is 1. The molecule has 0 N–H and O–H groups in total. The third-order valence-corrected chi connectivity index (χ3v) is 3.82. The summed E-state index contributed by atoms with van der Waals surface area (Å²) in [7, 11) is 0. The van der Waals surface area contributed by atoms with Crippen LogP contribution in [0.1, 0.15) is 50.7 Å². The fourth-order valence-corrected chi connectivity index (χ4v) is 2.38. The number of benzene rings is 2. The maximum absolute atomic E-state index is 11.6. The molecule has 1 amide bonds. The predicted octanol–water partition coefficient (Wildman–Crippen LogP) is 1.42. The summed E-state index contributed by atoms with van der Waals surface area (Å²) in [6.45, 7) is 8.43. The Morgan fingerprint density at radius 3 is 1.30 bits per heavy atom. The molecule has 116 valence electrons. The van der Waals surface area contributed by atoms with Crippen LogP contribution < -0.4 is 28.9 Å². The maximum Gasteiger partial charge on any atom is 1.00 e. The fraction of sp³-hybridized carbons (Fsp3) is 0.316. The van der Waals surface area contributed by atoms with Gasteiger partial charge in [0.1, 0.15) is 6.09 Å². The largest absolute Gasteiger partial charge is 1.00 e. The number of hydrogen-bond donors (Lipinski definition) is 0. The first-order chi connectivity index (χ1) is 10.4. The molecule has 0 spiro atoms. The average molecular weight is 303 g/mol. The van der Waals surface area contributed by atoms with Crippen molar-refractivity contribution in [3.63, 3.8) is 0 Å². The van der Waals surface area contributed by atoms with Crippen LogP contribution in [0, 0.1) is 0 Å². The molecule has 0 heterocycles. The third kappa shape index (κ3) is 4.64. The van der Waals surface area contributed by atoms with Gasteiger partial charge in [-0.25, -0.2) is 0 Å². The minimum atomic E-state index is -1.23. The van der Waals surface area contributed by atoms with Crippen molar-refractivity contribution in [1.29, 1.82) is 0 Å². The predicted molar refractivity (Wildman–Crippen MR) is 88.6 cm³/mol. The smallest absolute Gasteiger partial charge is 0.529 e. The fourth-order valence-electron chi connectivity index (χ4n) is 2.38. The van der Waals surface area contributed by atoms with Gasteiger partial charge >= 0.3 is 18.9 Å². The Bertz CT molecular complexity index is 582. The molecule has 23 heavy (non-hydrogen) atoms. The first-order valence-electron chi connectivity index (χ1n) is 7.61. The molecule has 3 nitrogen and oxygen atoms in total. The zero-order valence-corrected chi connectivity index (χ0v) is 14.5. The first kappa shape index (κ1) is 19.4. The number of carbonyl (C=O) groups is 1.